The van der Waals surface area contributed by atoms with Crippen molar-refractivity contribution in [3.63, 3.8) is 0 Å². The zero-order chi connectivity index (χ0) is 20.2. The Kier molecular flexibility index (Phi) is 7.22. The van der Waals surface area contributed by atoms with Crippen molar-refractivity contribution in [2.75, 3.05) is 20.3 Å². The molecule has 1 fully saturated rings. The fourth-order valence-corrected chi connectivity index (χ4v) is 3.15. The molecule has 1 aliphatic rings. The second-order valence-corrected chi connectivity index (χ2v) is 9.03. The average molecular weight is 381 g/mol. The van der Waals surface area contributed by atoms with E-state index in [4.69, 9.17) is 14.0 Å². The van der Waals surface area contributed by atoms with Crippen molar-refractivity contribution in [2.24, 2.45) is 0 Å². The third kappa shape index (κ3) is 5.62. The van der Waals surface area contributed by atoms with Crippen LogP contribution in [0, 0.1) is 0 Å². The number of ketones is 1. The number of Topliss-reactive ketones (excluding diaryl/α,β-unsaturated/α-hetero) is 1. The zero-order valence-electron chi connectivity index (χ0n) is 18.0. The van der Waals surface area contributed by atoms with Crippen LogP contribution in [0.15, 0.2) is 10.6 Å². The van der Waals surface area contributed by atoms with Crippen LogP contribution >= 0.6 is 0 Å². The number of carbonyl (C=O) groups excluding carboxylic acids is 1. The predicted octanol–water partition coefficient (Wildman–Crippen LogP) is 3.73. The third-order valence-corrected chi connectivity index (χ3v) is 5.69. The Hall–Kier alpha value is -1.24. The quantitative estimate of drug-likeness (QED) is 0.650. The lowest BCUT2D eigenvalue weighted by Crippen LogP contribution is -2.51. The highest BCUT2D eigenvalue weighted by molar-refractivity contribution is 5.89. The number of rotatable bonds is 9. The Balaban J connectivity index is 1.97. The Morgan fingerprint density at radius 2 is 2.04 bits per heavy atom. The van der Waals surface area contributed by atoms with Gasteiger partial charge in [-0.2, -0.15) is 0 Å². The molecular weight excluding hydrogens is 344 g/mol. The van der Waals surface area contributed by atoms with Crippen molar-refractivity contribution in [1.29, 1.82) is 0 Å². The Labute approximate surface area is 163 Å². The van der Waals surface area contributed by atoms with E-state index in [1.54, 1.807) is 0 Å². The van der Waals surface area contributed by atoms with E-state index >= 15 is 0 Å². The maximum absolute atomic E-state index is 12.8. The molecule has 27 heavy (non-hydrogen) atoms. The van der Waals surface area contributed by atoms with Crippen LogP contribution in [0.1, 0.15) is 72.3 Å². The summed E-state index contributed by atoms with van der Waals surface area (Å²) in [6, 6.07) is 2.17. The molecule has 1 unspecified atom stereocenters. The van der Waals surface area contributed by atoms with Crippen LogP contribution in [0.3, 0.4) is 0 Å². The maximum atomic E-state index is 12.8. The van der Waals surface area contributed by atoms with Gasteiger partial charge in [-0.25, -0.2) is 0 Å². The summed E-state index contributed by atoms with van der Waals surface area (Å²) >= 11 is 0. The molecule has 0 aromatic carbocycles. The molecule has 1 saturated heterocycles. The largest absolute Gasteiger partial charge is 0.361 e. The van der Waals surface area contributed by atoms with Crippen LogP contribution in [0.4, 0.5) is 0 Å². The highest BCUT2D eigenvalue weighted by Crippen LogP contribution is 2.26. The number of ether oxygens (including phenoxy) is 2. The van der Waals surface area contributed by atoms with Crippen molar-refractivity contribution in [2.45, 2.75) is 90.5 Å². The summed E-state index contributed by atoms with van der Waals surface area (Å²) in [6.07, 6.45) is 3.29. The van der Waals surface area contributed by atoms with E-state index in [0.29, 0.717) is 12.4 Å². The number of aromatic nitrogens is 1. The minimum Gasteiger partial charge on any atom is -0.361 e. The first kappa shape index (κ1) is 22.1. The molecule has 1 aromatic heterocycles. The molecule has 0 spiro atoms. The molecule has 1 aromatic rings. The number of carbonyl (C=O) groups is 1. The molecule has 0 N–H and O–H groups in total. The van der Waals surface area contributed by atoms with Gasteiger partial charge in [0.1, 0.15) is 5.76 Å². The van der Waals surface area contributed by atoms with Crippen molar-refractivity contribution in [3.8, 4) is 0 Å². The normalized spacial score (nSPS) is 19.1. The standard InChI is InChI=1S/C21H36N2O4/c1-15(2)23(7)21(5,6)18(24)13-16-12-17(22-27-16)20(3,4)14-26-19-10-8-9-11-25-19/h12,15,19H,8-11,13-14H2,1-7H3. The molecule has 0 amide bonds. The highest BCUT2D eigenvalue weighted by atomic mass is 16.7. The van der Waals surface area contributed by atoms with E-state index in [1.807, 2.05) is 27.0 Å². The van der Waals surface area contributed by atoms with Crippen LogP contribution in [0.5, 0.6) is 0 Å². The van der Waals surface area contributed by atoms with Gasteiger partial charge in [0, 0.05) is 24.1 Å². The molecule has 2 rings (SSSR count). The molecule has 0 saturated carbocycles. The second-order valence-electron chi connectivity index (χ2n) is 9.03. The first-order chi connectivity index (χ1) is 12.5. The van der Waals surface area contributed by atoms with Gasteiger partial charge in [0.05, 0.1) is 24.3 Å². The fourth-order valence-electron chi connectivity index (χ4n) is 3.15. The highest BCUT2D eigenvalue weighted by Gasteiger charge is 2.34. The van der Waals surface area contributed by atoms with E-state index in [1.165, 1.54) is 0 Å². The minimum atomic E-state index is -0.557. The summed E-state index contributed by atoms with van der Waals surface area (Å²) in [5.41, 5.74) is -0.0652. The topological polar surface area (TPSA) is 64.8 Å². The van der Waals surface area contributed by atoms with Crippen LogP contribution in [-0.2, 0) is 26.1 Å². The molecular formula is C21H36N2O4. The van der Waals surface area contributed by atoms with Gasteiger partial charge in [-0.1, -0.05) is 19.0 Å². The van der Waals surface area contributed by atoms with Crippen molar-refractivity contribution in [3.05, 3.63) is 17.5 Å². The van der Waals surface area contributed by atoms with Crippen LogP contribution in [0.25, 0.3) is 0 Å². The first-order valence-corrected chi connectivity index (χ1v) is 9.99. The van der Waals surface area contributed by atoms with Crippen LogP contribution in [-0.4, -0.2) is 54.0 Å². The monoisotopic (exact) mass is 380 g/mol. The van der Waals surface area contributed by atoms with Gasteiger partial charge in [0.15, 0.2) is 12.1 Å². The lowest BCUT2D eigenvalue weighted by Gasteiger charge is -2.37. The van der Waals surface area contributed by atoms with Gasteiger partial charge >= 0.3 is 0 Å². The van der Waals surface area contributed by atoms with Gasteiger partial charge < -0.3 is 14.0 Å². The van der Waals surface area contributed by atoms with Gasteiger partial charge in [-0.05, 0) is 54.0 Å². The summed E-state index contributed by atoms with van der Waals surface area (Å²) in [5, 5.41) is 4.21. The minimum absolute atomic E-state index is 0.117. The summed E-state index contributed by atoms with van der Waals surface area (Å²) in [5.74, 6) is 0.716. The lowest BCUT2D eigenvalue weighted by molar-refractivity contribution is -0.170. The van der Waals surface area contributed by atoms with Crippen LogP contribution in [0.2, 0.25) is 0 Å². The van der Waals surface area contributed by atoms with E-state index < -0.39 is 5.54 Å². The second kappa shape index (κ2) is 8.84. The fraction of sp³-hybridized carbons (Fsp3) is 0.810. The summed E-state index contributed by atoms with van der Waals surface area (Å²) in [6.45, 7) is 13.5. The van der Waals surface area contributed by atoms with Crippen molar-refractivity contribution >= 4 is 5.78 Å². The van der Waals surface area contributed by atoms with Gasteiger partial charge in [0.25, 0.3) is 0 Å². The molecule has 1 atom stereocenters. The summed E-state index contributed by atoms with van der Waals surface area (Å²) < 4.78 is 17.0. The molecule has 6 nitrogen and oxygen atoms in total. The number of hydrogen-bond donors (Lipinski definition) is 0. The number of likely N-dealkylation sites (N-methyl/N-ethyl adjacent to an activating group) is 1. The molecule has 2 heterocycles. The van der Waals surface area contributed by atoms with Crippen LogP contribution < -0.4 is 0 Å². The Bertz CT molecular complexity index is 615. The van der Waals surface area contributed by atoms with E-state index in [0.717, 1.165) is 31.6 Å². The van der Waals surface area contributed by atoms with Gasteiger partial charge in [0.2, 0.25) is 0 Å². The maximum Gasteiger partial charge on any atom is 0.160 e. The van der Waals surface area contributed by atoms with E-state index in [9.17, 15) is 4.79 Å². The van der Waals surface area contributed by atoms with Crippen molar-refractivity contribution < 1.29 is 18.8 Å². The smallest absolute Gasteiger partial charge is 0.160 e. The number of nitrogens with zero attached hydrogens (tertiary/aromatic N) is 2. The zero-order valence-corrected chi connectivity index (χ0v) is 18.0. The van der Waals surface area contributed by atoms with E-state index in [2.05, 4.69) is 37.8 Å². The molecule has 154 valence electrons. The summed E-state index contributed by atoms with van der Waals surface area (Å²) in [7, 11) is 1.97. The summed E-state index contributed by atoms with van der Waals surface area (Å²) in [4.78, 5) is 14.9. The Morgan fingerprint density at radius 3 is 2.63 bits per heavy atom. The van der Waals surface area contributed by atoms with Gasteiger partial charge in [-0.15, -0.1) is 0 Å². The molecule has 6 heteroatoms. The van der Waals surface area contributed by atoms with E-state index in [-0.39, 0.29) is 30.0 Å². The average Bonchev–Trinajstić information content (AvgIpc) is 3.09. The molecule has 0 bridgehead atoms. The first-order valence-electron chi connectivity index (χ1n) is 9.99. The number of hydrogen-bond acceptors (Lipinski definition) is 6. The molecule has 1 aliphatic heterocycles. The molecule has 0 radical (unpaired) electrons. The molecule has 0 aliphatic carbocycles. The third-order valence-electron chi connectivity index (χ3n) is 5.69. The predicted molar refractivity (Wildman–Crippen MR) is 105 cm³/mol. The lowest BCUT2D eigenvalue weighted by atomic mass is 9.89. The van der Waals surface area contributed by atoms with Crippen molar-refractivity contribution in [1.82, 2.24) is 10.1 Å². The Morgan fingerprint density at radius 1 is 1.33 bits per heavy atom. The SMILES string of the molecule is CC(C)N(C)C(C)(C)C(=O)Cc1cc(C(C)(C)COC2CCCCO2)no1. The van der Waals surface area contributed by atoms with Gasteiger partial charge in [-0.3, -0.25) is 9.69 Å².